The highest BCUT2D eigenvalue weighted by atomic mass is 35.5. The summed E-state index contributed by atoms with van der Waals surface area (Å²) < 4.78 is 26.8. The smallest absolute Gasteiger partial charge is 0.291 e. The van der Waals surface area contributed by atoms with Crippen LogP contribution in [-0.2, 0) is 14.4 Å². The summed E-state index contributed by atoms with van der Waals surface area (Å²) in [4.78, 5) is 51.2. The summed E-state index contributed by atoms with van der Waals surface area (Å²) in [6.07, 6.45) is -0.330. The van der Waals surface area contributed by atoms with E-state index in [-0.39, 0.29) is 18.7 Å². The number of carbonyl (C=O) groups excluding carboxylic acids is 4. The summed E-state index contributed by atoms with van der Waals surface area (Å²) >= 11 is 5.24. The molecule has 1 aromatic carbocycles. The third-order valence-electron chi connectivity index (χ3n) is 4.24. The first-order valence-corrected chi connectivity index (χ1v) is 9.71. The number of amides is 4. The normalized spacial score (nSPS) is 11.9. The number of halogens is 3. The number of primary amides is 1. The molecule has 168 valence electrons. The molecular formula is C19H22ClF2N5O4. The maximum absolute atomic E-state index is 13.4. The average Bonchev–Trinajstić information content (AvgIpc) is 3.11. The van der Waals surface area contributed by atoms with Crippen LogP contribution in [0.3, 0.4) is 0 Å². The van der Waals surface area contributed by atoms with Crippen LogP contribution < -0.4 is 11.1 Å². The first-order valence-electron chi connectivity index (χ1n) is 9.27. The lowest BCUT2D eigenvalue weighted by Crippen LogP contribution is -2.57. The Balaban J connectivity index is 2.14. The second-order valence-electron chi connectivity index (χ2n) is 6.91. The number of carbonyl (C=O) groups is 4. The van der Waals surface area contributed by atoms with E-state index < -0.39 is 47.7 Å². The van der Waals surface area contributed by atoms with Gasteiger partial charge in [0.1, 0.15) is 11.5 Å². The van der Waals surface area contributed by atoms with Gasteiger partial charge in [-0.2, -0.15) is 0 Å². The minimum Gasteiger partial charge on any atom is -0.370 e. The Labute approximate surface area is 181 Å². The molecule has 0 bridgehead atoms. The van der Waals surface area contributed by atoms with Gasteiger partial charge in [-0.1, -0.05) is 11.6 Å². The van der Waals surface area contributed by atoms with Crippen molar-refractivity contribution in [2.24, 2.45) is 5.73 Å². The summed E-state index contributed by atoms with van der Waals surface area (Å²) in [7, 11) is 0. The van der Waals surface area contributed by atoms with Crippen molar-refractivity contribution in [2.45, 2.75) is 31.9 Å². The van der Waals surface area contributed by atoms with Crippen molar-refractivity contribution >= 4 is 46.1 Å². The van der Waals surface area contributed by atoms with Crippen molar-refractivity contribution in [3.05, 3.63) is 35.8 Å². The average molecular weight is 458 g/mol. The van der Waals surface area contributed by atoms with Crippen LogP contribution in [0.2, 0.25) is 0 Å². The molecule has 2 rings (SSSR count). The number of nitrogens with one attached hydrogen (secondary N) is 2. The van der Waals surface area contributed by atoms with E-state index in [2.05, 4.69) is 10.3 Å². The molecule has 0 aliphatic rings. The minimum absolute atomic E-state index is 0.0933. The number of aromatic nitrogens is 1. The standard InChI is InChI=1S/C19H22ClF2N5O4/c1-10(2)27(26(6-5-15(23)28)19(31)17(20)22)16(29)9-24-18(30)14-8-11-7-12(21)3-4-13(11)25-14/h3-4,7-8,10,17,25H,5-6,9H2,1-2H3,(H2,23,28)(H,24,30). The molecule has 4 N–H and O–H groups in total. The van der Waals surface area contributed by atoms with E-state index >= 15 is 0 Å². The maximum Gasteiger partial charge on any atom is 0.291 e. The van der Waals surface area contributed by atoms with E-state index in [0.29, 0.717) is 15.9 Å². The Morgan fingerprint density at radius 1 is 1.23 bits per heavy atom. The van der Waals surface area contributed by atoms with Crippen molar-refractivity contribution in [3.8, 4) is 0 Å². The zero-order chi connectivity index (χ0) is 23.3. The van der Waals surface area contributed by atoms with Gasteiger partial charge in [0.15, 0.2) is 0 Å². The van der Waals surface area contributed by atoms with Crippen LogP contribution in [0.15, 0.2) is 24.3 Å². The van der Waals surface area contributed by atoms with E-state index in [1.807, 2.05) is 0 Å². The number of nitrogens with zero attached hydrogens (tertiary/aromatic N) is 2. The topological polar surface area (TPSA) is 129 Å². The van der Waals surface area contributed by atoms with Crippen molar-refractivity contribution in [1.82, 2.24) is 20.3 Å². The predicted octanol–water partition coefficient (Wildman–Crippen LogP) is 1.43. The quantitative estimate of drug-likeness (QED) is 0.409. The monoisotopic (exact) mass is 457 g/mol. The number of aromatic amines is 1. The van der Waals surface area contributed by atoms with Crippen molar-refractivity contribution < 1.29 is 28.0 Å². The maximum atomic E-state index is 13.4. The molecule has 9 nitrogen and oxygen atoms in total. The number of H-pyrrole nitrogens is 1. The zero-order valence-electron chi connectivity index (χ0n) is 16.8. The summed E-state index contributed by atoms with van der Waals surface area (Å²) in [6, 6.07) is 4.73. The molecule has 31 heavy (non-hydrogen) atoms. The number of hydrogen-bond acceptors (Lipinski definition) is 4. The molecule has 0 fully saturated rings. The molecular weight excluding hydrogens is 436 g/mol. The molecule has 1 atom stereocenters. The molecule has 4 amide bonds. The van der Waals surface area contributed by atoms with Gasteiger partial charge in [-0.3, -0.25) is 19.2 Å². The van der Waals surface area contributed by atoms with Gasteiger partial charge in [-0.15, -0.1) is 0 Å². The molecule has 1 heterocycles. The van der Waals surface area contributed by atoms with E-state index in [0.717, 1.165) is 5.01 Å². The highest BCUT2D eigenvalue weighted by Crippen LogP contribution is 2.17. The molecule has 0 aliphatic carbocycles. The number of fused-ring (bicyclic) bond motifs is 1. The number of alkyl halides is 2. The molecule has 1 unspecified atom stereocenters. The van der Waals surface area contributed by atoms with Crippen molar-refractivity contribution in [1.29, 1.82) is 0 Å². The summed E-state index contributed by atoms with van der Waals surface area (Å²) in [5, 5.41) is 4.46. The number of rotatable bonds is 8. The van der Waals surface area contributed by atoms with Gasteiger partial charge in [-0.05, 0) is 38.1 Å². The minimum atomic E-state index is -2.44. The molecule has 0 saturated carbocycles. The Hall–Kier alpha value is -3.21. The lowest BCUT2D eigenvalue weighted by Gasteiger charge is -2.37. The van der Waals surface area contributed by atoms with Crippen LogP contribution in [0.25, 0.3) is 10.9 Å². The number of hydrazine groups is 1. The Kier molecular flexibility index (Phi) is 7.92. The Bertz CT molecular complexity index is 995. The van der Waals surface area contributed by atoms with E-state index in [9.17, 15) is 28.0 Å². The molecule has 12 heteroatoms. The van der Waals surface area contributed by atoms with E-state index in [4.69, 9.17) is 17.3 Å². The fraction of sp³-hybridized carbons (Fsp3) is 0.368. The second-order valence-corrected chi connectivity index (χ2v) is 7.29. The lowest BCUT2D eigenvalue weighted by molar-refractivity contribution is -0.169. The van der Waals surface area contributed by atoms with Gasteiger partial charge >= 0.3 is 0 Å². The van der Waals surface area contributed by atoms with Crippen molar-refractivity contribution in [2.75, 3.05) is 13.1 Å². The highest BCUT2D eigenvalue weighted by Gasteiger charge is 2.32. The first kappa shape index (κ1) is 24.1. The SMILES string of the molecule is CC(C)N(C(=O)CNC(=O)c1cc2cc(F)ccc2[nH]1)N(CCC(N)=O)C(=O)C(F)Cl. The van der Waals surface area contributed by atoms with Crippen LogP contribution in [0, 0.1) is 5.82 Å². The van der Waals surface area contributed by atoms with Gasteiger partial charge in [0.05, 0.1) is 13.1 Å². The van der Waals surface area contributed by atoms with E-state index in [1.165, 1.54) is 24.3 Å². The molecule has 0 radical (unpaired) electrons. The van der Waals surface area contributed by atoms with Gasteiger partial charge < -0.3 is 16.0 Å². The lowest BCUT2D eigenvalue weighted by atomic mass is 10.2. The third-order valence-corrected chi connectivity index (χ3v) is 4.43. The Morgan fingerprint density at radius 3 is 2.48 bits per heavy atom. The van der Waals surface area contributed by atoms with Crippen LogP contribution in [-0.4, -0.2) is 63.4 Å². The molecule has 2 aromatic rings. The molecule has 1 aromatic heterocycles. The fourth-order valence-corrected chi connectivity index (χ4v) is 3.02. The van der Waals surface area contributed by atoms with Gasteiger partial charge in [0, 0.05) is 23.4 Å². The first-order chi connectivity index (χ1) is 14.5. The van der Waals surface area contributed by atoms with Gasteiger partial charge in [-0.25, -0.2) is 18.8 Å². The van der Waals surface area contributed by atoms with Crippen LogP contribution in [0.5, 0.6) is 0 Å². The molecule has 0 spiro atoms. The second kappa shape index (κ2) is 10.2. The highest BCUT2D eigenvalue weighted by molar-refractivity contribution is 6.29. The van der Waals surface area contributed by atoms with Crippen LogP contribution in [0.4, 0.5) is 8.78 Å². The van der Waals surface area contributed by atoms with Crippen LogP contribution in [0.1, 0.15) is 30.8 Å². The zero-order valence-corrected chi connectivity index (χ0v) is 17.6. The summed E-state index contributed by atoms with van der Waals surface area (Å²) in [5.41, 5.74) is 3.26. The summed E-state index contributed by atoms with van der Waals surface area (Å²) in [5.74, 6) is -3.87. The van der Waals surface area contributed by atoms with Gasteiger partial charge in [0.25, 0.3) is 23.4 Å². The van der Waals surface area contributed by atoms with Gasteiger partial charge in [0.2, 0.25) is 5.91 Å². The van der Waals surface area contributed by atoms with Crippen LogP contribution >= 0.6 is 11.6 Å². The molecule has 0 saturated heterocycles. The number of benzene rings is 1. The largest absolute Gasteiger partial charge is 0.370 e. The number of nitrogens with two attached hydrogens (primary N) is 1. The van der Waals surface area contributed by atoms with Crippen molar-refractivity contribution in [3.63, 3.8) is 0 Å². The molecule has 0 aliphatic heterocycles. The third kappa shape index (κ3) is 6.14. The Morgan fingerprint density at radius 2 is 1.90 bits per heavy atom. The van der Waals surface area contributed by atoms with E-state index in [1.54, 1.807) is 13.8 Å². The number of hydrogen-bond donors (Lipinski definition) is 3. The predicted molar refractivity (Wildman–Crippen MR) is 109 cm³/mol. The fourth-order valence-electron chi connectivity index (χ4n) is 2.91. The summed E-state index contributed by atoms with van der Waals surface area (Å²) in [6.45, 7) is 2.20.